The maximum atomic E-state index is 12.0. The van der Waals surface area contributed by atoms with Crippen molar-refractivity contribution in [3.63, 3.8) is 0 Å². The lowest BCUT2D eigenvalue weighted by Gasteiger charge is -2.20. The second kappa shape index (κ2) is 9.92. The van der Waals surface area contributed by atoms with Gasteiger partial charge in [-0.3, -0.25) is 9.69 Å². The number of rotatable bonds is 9. The van der Waals surface area contributed by atoms with Crippen LogP contribution in [0.5, 0.6) is 0 Å². The van der Waals surface area contributed by atoms with Gasteiger partial charge in [0.05, 0.1) is 25.6 Å². The molecule has 0 aliphatic rings. The minimum atomic E-state index is -0.0902. The van der Waals surface area contributed by atoms with E-state index in [0.29, 0.717) is 13.0 Å². The summed E-state index contributed by atoms with van der Waals surface area (Å²) in [7, 11) is 0. The number of aliphatic hydroxyl groups excluding tert-OH is 1. The van der Waals surface area contributed by atoms with E-state index < -0.39 is 0 Å². The molecule has 0 heterocycles. The Morgan fingerprint density at radius 3 is 2.62 bits per heavy atom. The number of amides is 1. The molecule has 0 spiro atoms. The molecule has 21 heavy (non-hydrogen) atoms. The van der Waals surface area contributed by atoms with Crippen molar-refractivity contribution in [2.24, 2.45) is 0 Å². The number of nitrogens with one attached hydrogen (secondary N) is 1. The summed E-state index contributed by atoms with van der Waals surface area (Å²) in [5, 5.41) is 20.5. The minimum Gasteiger partial charge on any atom is -0.395 e. The third-order valence-corrected chi connectivity index (χ3v) is 3.13. The summed E-state index contributed by atoms with van der Waals surface area (Å²) in [5.41, 5.74) is 1.65. The topological polar surface area (TPSA) is 76.4 Å². The van der Waals surface area contributed by atoms with Crippen LogP contribution in [0.25, 0.3) is 0 Å². The molecule has 0 aromatic heterocycles. The predicted molar refractivity (Wildman–Crippen MR) is 82.8 cm³/mol. The quantitative estimate of drug-likeness (QED) is 0.726. The molecule has 0 radical (unpaired) electrons. The number of anilines is 1. The van der Waals surface area contributed by atoms with Gasteiger partial charge in [-0.2, -0.15) is 5.26 Å². The highest BCUT2D eigenvalue weighted by molar-refractivity contribution is 5.92. The Labute approximate surface area is 126 Å². The predicted octanol–water partition coefficient (Wildman–Crippen LogP) is 1.79. The number of unbranched alkanes of at least 4 members (excludes halogenated alkanes) is 1. The van der Waals surface area contributed by atoms with E-state index in [9.17, 15) is 4.79 Å². The Morgan fingerprint density at radius 2 is 2.05 bits per heavy atom. The summed E-state index contributed by atoms with van der Waals surface area (Å²) in [4.78, 5) is 13.9. The van der Waals surface area contributed by atoms with Gasteiger partial charge in [-0.15, -0.1) is 0 Å². The molecule has 0 saturated carbocycles. The summed E-state index contributed by atoms with van der Waals surface area (Å²) in [6.07, 6.45) is 2.44. The maximum Gasteiger partial charge on any atom is 0.238 e. The van der Waals surface area contributed by atoms with E-state index in [1.807, 2.05) is 17.0 Å². The van der Waals surface area contributed by atoms with Gasteiger partial charge in [-0.25, -0.2) is 0 Å². The molecule has 0 unspecified atom stereocenters. The maximum absolute atomic E-state index is 12.0. The average molecular weight is 289 g/mol. The van der Waals surface area contributed by atoms with E-state index in [2.05, 4.69) is 18.3 Å². The van der Waals surface area contributed by atoms with Crippen LogP contribution < -0.4 is 5.32 Å². The molecule has 0 atom stereocenters. The molecule has 1 aromatic carbocycles. The van der Waals surface area contributed by atoms with Crippen LogP contribution in [0, 0.1) is 11.3 Å². The van der Waals surface area contributed by atoms with Crippen LogP contribution in [0.3, 0.4) is 0 Å². The second-order valence-electron chi connectivity index (χ2n) is 4.93. The number of aliphatic hydroxyl groups is 1. The largest absolute Gasteiger partial charge is 0.395 e. The molecular weight excluding hydrogens is 266 g/mol. The molecule has 0 fully saturated rings. The Hall–Kier alpha value is -1.90. The van der Waals surface area contributed by atoms with Gasteiger partial charge in [0.2, 0.25) is 5.91 Å². The third kappa shape index (κ3) is 6.89. The zero-order valence-corrected chi connectivity index (χ0v) is 12.5. The van der Waals surface area contributed by atoms with E-state index in [1.54, 1.807) is 12.1 Å². The van der Waals surface area contributed by atoms with E-state index in [0.717, 1.165) is 30.6 Å². The molecule has 0 aliphatic heterocycles. The Morgan fingerprint density at radius 1 is 1.33 bits per heavy atom. The molecular formula is C16H23N3O2. The van der Waals surface area contributed by atoms with Crippen LogP contribution in [0.1, 0.15) is 25.3 Å². The lowest BCUT2D eigenvalue weighted by molar-refractivity contribution is -0.117. The fourth-order valence-corrected chi connectivity index (χ4v) is 1.99. The van der Waals surface area contributed by atoms with Crippen molar-refractivity contribution in [1.82, 2.24) is 4.90 Å². The summed E-state index contributed by atoms with van der Waals surface area (Å²) in [6, 6.07) is 9.35. The molecule has 114 valence electrons. The molecule has 1 rings (SSSR count). The van der Waals surface area contributed by atoms with Gasteiger partial charge in [0, 0.05) is 12.2 Å². The molecule has 5 heteroatoms. The first-order chi connectivity index (χ1) is 10.2. The van der Waals surface area contributed by atoms with Crippen molar-refractivity contribution >= 4 is 11.6 Å². The molecule has 0 aliphatic carbocycles. The van der Waals surface area contributed by atoms with E-state index in [4.69, 9.17) is 10.4 Å². The number of benzene rings is 1. The average Bonchev–Trinajstić information content (AvgIpc) is 2.47. The van der Waals surface area contributed by atoms with Gasteiger partial charge in [-0.1, -0.05) is 25.5 Å². The lowest BCUT2D eigenvalue weighted by Crippen LogP contribution is -2.35. The zero-order valence-electron chi connectivity index (χ0n) is 12.5. The Bertz CT molecular complexity index is 465. The number of nitrogens with zero attached hydrogens (tertiary/aromatic N) is 2. The SMILES string of the molecule is CCCCN(CCO)CC(=O)Nc1ccc(CC#N)cc1. The zero-order chi connectivity index (χ0) is 15.5. The van der Waals surface area contributed by atoms with Crippen LogP contribution in [-0.4, -0.2) is 42.2 Å². The standard InChI is InChI=1S/C16H23N3O2/c1-2-3-10-19(11-12-20)13-16(21)18-15-6-4-14(5-7-15)8-9-17/h4-7,20H,2-3,8,10-13H2,1H3,(H,18,21). The second-order valence-corrected chi connectivity index (χ2v) is 4.93. The molecule has 1 amide bonds. The fourth-order valence-electron chi connectivity index (χ4n) is 1.99. The normalized spacial score (nSPS) is 10.4. The molecule has 0 saturated heterocycles. The van der Waals surface area contributed by atoms with Gasteiger partial charge in [-0.05, 0) is 30.7 Å². The van der Waals surface area contributed by atoms with Gasteiger partial charge in [0.1, 0.15) is 0 Å². The van der Waals surface area contributed by atoms with Crippen molar-refractivity contribution in [3.05, 3.63) is 29.8 Å². The van der Waals surface area contributed by atoms with E-state index in [-0.39, 0.29) is 19.1 Å². The summed E-state index contributed by atoms with van der Waals surface area (Å²) < 4.78 is 0. The fraction of sp³-hybridized carbons (Fsp3) is 0.500. The first-order valence-electron chi connectivity index (χ1n) is 7.28. The lowest BCUT2D eigenvalue weighted by atomic mass is 10.1. The number of carbonyl (C=O) groups excluding carboxylic acids is 1. The van der Waals surface area contributed by atoms with Crippen LogP contribution >= 0.6 is 0 Å². The minimum absolute atomic E-state index is 0.0554. The molecule has 2 N–H and O–H groups in total. The van der Waals surface area contributed by atoms with Gasteiger partial charge in [0.15, 0.2) is 0 Å². The number of carbonyl (C=O) groups is 1. The first-order valence-corrected chi connectivity index (χ1v) is 7.28. The van der Waals surface area contributed by atoms with Crippen molar-refractivity contribution in [1.29, 1.82) is 5.26 Å². The summed E-state index contributed by atoms with van der Waals surface area (Å²) in [5.74, 6) is -0.0902. The molecule has 1 aromatic rings. The highest BCUT2D eigenvalue weighted by atomic mass is 16.3. The number of hydrogen-bond donors (Lipinski definition) is 2. The number of nitriles is 1. The van der Waals surface area contributed by atoms with Gasteiger partial charge < -0.3 is 10.4 Å². The van der Waals surface area contributed by atoms with Crippen LogP contribution in [0.4, 0.5) is 5.69 Å². The van der Waals surface area contributed by atoms with Crippen LogP contribution in [0.15, 0.2) is 24.3 Å². The third-order valence-electron chi connectivity index (χ3n) is 3.13. The van der Waals surface area contributed by atoms with Gasteiger partial charge in [0.25, 0.3) is 0 Å². The number of hydrogen-bond acceptors (Lipinski definition) is 4. The summed E-state index contributed by atoms with van der Waals surface area (Å²) in [6.45, 7) is 3.75. The van der Waals surface area contributed by atoms with Crippen LogP contribution in [-0.2, 0) is 11.2 Å². The van der Waals surface area contributed by atoms with E-state index in [1.165, 1.54) is 0 Å². The van der Waals surface area contributed by atoms with Crippen molar-refractivity contribution in [2.45, 2.75) is 26.2 Å². The monoisotopic (exact) mass is 289 g/mol. The molecule has 5 nitrogen and oxygen atoms in total. The van der Waals surface area contributed by atoms with E-state index >= 15 is 0 Å². The van der Waals surface area contributed by atoms with Gasteiger partial charge >= 0.3 is 0 Å². The van der Waals surface area contributed by atoms with Crippen molar-refractivity contribution in [3.8, 4) is 6.07 Å². The Kier molecular flexibility index (Phi) is 8.10. The highest BCUT2D eigenvalue weighted by Gasteiger charge is 2.10. The van der Waals surface area contributed by atoms with Crippen LogP contribution in [0.2, 0.25) is 0 Å². The molecule has 0 bridgehead atoms. The smallest absolute Gasteiger partial charge is 0.238 e. The van der Waals surface area contributed by atoms with Crippen molar-refractivity contribution in [2.75, 3.05) is 31.6 Å². The summed E-state index contributed by atoms with van der Waals surface area (Å²) >= 11 is 0. The van der Waals surface area contributed by atoms with Crippen molar-refractivity contribution < 1.29 is 9.90 Å². The Balaban J connectivity index is 2.49. The highest BCUT2D eigenvalue weighted by Crippen LogP contribution is 2.10. The first kappa shape index (κ1) is 17.2.